The number of nitrogen functional groups attached to an aromatic ring is 1. The molecule has 0 saturated carbocycles. The highest BCUT2D eigenvalue weighted by Gasteiger charge is 2.23. The summed E-state index contributed by atoms with van der Waals surface area (Å²) >= 11 is 6.42. The SMILES string of the molecule is CCN1CCC(Oc2c(N)ncc3[nH]c4ncc(-c5ccccc5Cl)cc4c23)CC1. The van der Waals surface area contributed by atoms with Crippen LogP contribution in [0, 0.1) is 0 Å². The van der Waals surface area contributed by atoms with E-state index in [0.717, 1.165) is 65.5 Å². The number of halogens is 1. The van der Waals surface area contributed by atoms with Gasteiger partial charge in [-0.3, -0.25) is 0 Å². The zero-order valence-corrected chi connectivity index (χ0v) is 17.6. The van der Waals surface area contributed by atoms with Crippen LogP contribution in [0.15, 0.2) is 42.7 Å². The van der Waals surface area contributed by atoms with Gasteiger partial charge in [-0.05, 0) is 31.5 Å². The molecule has 3 aromatic heterocycles. The third-order valence-electron chi connectivity index (χ3n) is 5.92. The Kier molecular flexibility index (Phi) is 4.97. The fourth-order valence-electron chi connectivity index (χ4n) is 4.22. The Morgan fingerprint density at radius 1 is 1.20 bits per heavy atom. The zero-order valence-electron chi connectivity index (χ0n) is 16.9. The number of nitrogens with one attached hydrogen (secondary N) is 1. The van der Waals surface area contributed by atoms with E-state index in [1.165, 1.54) is 0 Å². The molecule has 0 bridgehead atoms. The second kappa shape index (κ2) is 7.78. The molecule has 1 saturated heterocycles. The topological polar surface area (TPSA) is 80.1 Å². The number of hydrogen-bond acceptors (Lipinski definition) is 5. The summed E-state index contributed by atoms with van der Waals surface area (Å²) in [4.78, 5) is 14.8. The number of rotatable bonds is 4. The molecule has 4 aromatic rings. The van der Waals surface area contributed by atoms with Crippen LogP contribution < -0.4 is 10.5 Å². The predicted octanol–water partition coefficient (Wildman–Crippen LogP) is 4.88. The van der Waals surface area contributed by atoms with Gasteiger partial charge in [-0.15, -0.1) is 0 Å². The van der Waals surface area contributed by atoms with Crippen molar-refractivity contribution in [3.63, 3.8) is 0 Å². The number of likely N-dealkylation sites (tertiary alicyclic amines) is 1. The number of nitrogens with zero attached hydrogens (tertiary/aromatic N) is 3. The van der Waals surface area contributed by atoms with Gasteiger partial charge >= 0.3 is 0 Å². The summed E-state index contributed by atoms with van der Waals surface area (Å²) in [5.74, 6) is 1.05. The maximum absolute atomic E-state index is 6.44. The summed E-state index contributed by atoms with van der Waals surface area (Å²) in [6.45, 7) is 5.34. The number of piperidine rings is 1. The Balaban J connectivity index is 1.60. The molecule has 3 N–H and O–H groups in total. The fraction of sp³-hybridized carbons (Fsp3) is 0.304. The summed E-state index contributed by atoms with van der Waals surface area (Å²) in [5.41, 5.74) is 9.81. The Bertz CT molecular complexity index is 1210. The molecule has 30 heavy (non-hydrogen) atoms. The van der Waals surface area contributed by atoms with E-state index in [9.17, 15) is 0 Å². The highest BCUT2D eigenvalue weighted by atomic mass is 35.5. The second-order valence-electron chi connectivity index (χ2n) is 7.74. The van der Waals surface area contributed by atoms with Gasteiger partial charge < -0.3 is 20.4 Å². The minimum Gasteiger partial charge on any atom is -0.486 e. The lowest BCUT2D eigenvalue weighted by atomic mass is 10.1. The number of hydrogen-bond donors (Lipinski definition) is 2. The highest BCUT2D eigenvalue weighted by molar-refractivity contribution is 6.33. The number of H-pyrrole nitrogens is 1. The molecule has 0 atom stereocenters. The number of anilines is 1. The van der Waals surface area contributed by atoms with Crippen molar-refractivity contribution >= 4 is 39.4 Å². The fourth-order valence-corrected chi connectivity index (χ4v) is 4.47. The normalized spacial score (nSPS) is 15.8. The van der Waals surface area contributed by atoms with Crippen LogP contribution in [0.5, 0.6) is 5.75 Å². The van der Waals surface area contributed by atoms with Crippen molar-refractivity contribution in [1.82, 2.24) is 19.9 Å². The van der Waals surface area contributed by atoms with E-state index in [2.05, 4.69) is 32.8 Å². The molecule has 1 aliphatic heterocycles. The molecule has 0 spiro atoms. The smallest absolute Gasteiger partial charge is 0.171 e. The maximum Gasteiger partial charge on any atom is 0.171 e. The third-order valence-corrected chi connectivity index (χ3v) is 6.25. The van der Waals surface area contributed by atoms with Crippen LogP contribution in [0.2, 0.25) is 5.02 Å². The highest BCUT2D eigenvalue weighted by Crippen LogP contribution is 2.39. The van der Waals surface area contributed by atoms with Crippen LogP contribution in [-0.4, -0.2) is 45.6 Å². The Morgan fingerprint density at radius 2 is 2.00 bits per heavy atom. The molecule has 154 valence electrons. The van der Waals surface area contributed by atoms with E-state index in [4.69, 9.17) is 22.1 Å². The van der Waals surface area contributed by atoms with Crippen LogP contribution in [0.1, 0.15) is 19.8 Å². The summed E-state index contributed by atoms with van der Waals surface area (Å²) in [7, 11) is 0. The van der Waals surface area contributed by atoms with Gasteiger partial charge in [0.2, 0.25) is 0 Å². The van der Waals surface area contributed by atoms with Crippen LogP contribution in [0.25, 0.3) is 33.1 Å². The number of aromatic nitrogens is 3. The molecular weight excluding hydrogens is 398 g/mol. The van der Waals surface area contributed by atoms with Crippen molar-refractivity contribution in [2.24, 2.45) is 0 Å². The van der Waals surface area contributed by atoms with Crippen LogP contribution in [0.3, 0.4) is 0 Å². The summed E-state index contributed by atoms with van der Waals surface area (Å²) in [6, 6.07) is 9.87. The van der Waals surface area contributed by atoms with Crippen molar-refractivity contribution in [3.8, 4) is 16.9 Å². The predicted molar refractivity (Wildman–Crippen MR) is 122 cm³/mol. The molecule has 1 fully saturated rings. The third kappa shape index (κ3) is 3.36. The van der Waals surface area contributed by atoms with Crippen molar-refractivity contribution in [3.05, 3.63) is 47.7 Å². The number of aromatic amines is 1. The van der Waals surface area contributed by atoms with Gasteiger partial charge in [0.05, 0.1) is 17.1 Å². The van der Waals surface area contributed by atoms with Crippen molar-refractivity contribution < 1.29 is 4.74 Å². The second-order valence-corrected chi connectivity index (χ2v) is 8.14. The van der Waals surface area contributed by atoms with Gasteiger partial charge in [-0.25, -0.2) is 9.97 Å². The zero-order chi connectivity index (χ0) is 20.7. The Hall–Kier alpha value is -2.83. The number of nitrogens with two attached hydrogens (primary N) is 1. The summed E-state index contributed by atoms with van der Waals surface area (Å²) < 4.78 is 6.44. The molecule has 0 amide bonds. The lowest BCUT2D eigenvalue weighted by Gasteiger charge is -2.31. The minimum absolute atomic E-state index is 0.132. The van der Waals surface area contributed by atoms with Gasteiger partial charge in [-0.1, -0.05) is 36.7 Å². The number of fused-ring (bicyclic) bond motifs is 3. The van der Waals surface area contributed by atoms with Crippen molar-refractivity contribution in [2.45, 2.75) is 25.9 Å². The number of pyridine rings is 2. The molecule has 1 aliphatic rings. The quantitative estimate of drug-likeness (QED) is 0.491. The van der Waals surface area contributed by atoms with Crippen LogP contribution >= 0.6 is 11.6 Å². The number of ether oxygens (including phenoxy) is 1. The summed E-state index contributed by atoms with van der Waals surface area (Å²) in [5, 5.41) is 2.58. The van der Waals surface area contributed by atoms with Crippen LogP contribution in [0.4, 0.5) is 5.82 Å². The van der Waals surface area contributed by atoms with Gasteiger partial charge in [0, 0.05) is 40.8 Å². The van der Waals surface area contributed by atoms with Gasteiger partial charge in [-0.2, -0.15) is 0 Å². The van der Waals surface area contributed by atoms with Gasteiger partial charge in [0.25, 0.3) is 0 Å². The first-order chi connectivity index (χ1) is 14.6. The lowest BCUT2D eigenvalue weighted by molar-refractivity contribution is 0.105. The average molecular weight is 422 g/mol. The van der Waals surface area contributed by atoms with E-state index in [0.29, 0.717) is 16.6 Å². The van der Waals surface area contributed by atoms with E-state index in [1.807, 2.05) is 30.5 Å². The van der Waals surface area contributed by atoms with E-state index >= 15 is 0 Å². The Labute approximate surface area is 180 Å². The average Bonchev–Trinajstić information content (AvgIpc) is 3.14. The minimum atomic E-state index is 0.132. The summed E-state index contributed by atoms with van der Waals surface area (Å²) in [6.07, 6.45) is 5.67. The Morgan fingerprint density at radius 3 is 2.77 bits per heavy atom. The lowest BCUT2D eigenvalue weighted by Crippen LogP contribution is -2.38. The van der Waals surface area contributed by atoms with Gasteiger partial charge in [0.15, 0.2) is 11.6 Å². The molecule has 0 unspecified atom stereocenters. The molecule has 1 aromatic carbocycles. The molecule has 0 radical (unpaired) electrons. The molecule has 0 aliphatic carbocycles. The van der Waals surface area contributed by atoms with Crippen molar-refractivity contribution in [1.29, 1.82) is 0 Å². The first-order valence-electron chi connectivity index (χ1n) is 10.3. The van der Waals surface area contributed by atoms with Gasteiger partial charge in [0.1, 0.15) is 11.8 Å². The van der Waals surface area contributed by atoms with E-state index in [1.54, 1.807) is 6.20 Å². The largest absolute Gasteiger partial charge is 0.486 e. The monoisotopic (exact) mass is 421 g/mol. The first kappa shape index (κ1) is 19.2. The molecule has 4 heterocycles. The number of benzene rings is 1. The van der Waals surface area contributed by atoms with Crippen molar-refractivity contribution in [2.75, 3.05) is 25.4 Å². The molecule has 7 heteroatoms. The maximum atomic E-state index is 6.44. The molecule has 6 nitrogen and oxygen atoms in total. The molecular formula is C23H24ClN5O. The van der Waals surface area contributed by atoms with Crippen LogP contribution in [-0.2, 0) is 0 Å². The first-order valence-corrected chi connectivity index (χ1v) is 10.7. The van der Waals surface area contributed by atoms with E-state index in [-0.39, 0.29) is 6.10 Å². The molecule has 5 rings (SSSR count). The standard InChI is InChI=1S/C23H24ClN5O/c1-2-29-9-7-15(8-10-29)30-21-20-17-11-14(16-5-3-4-6-18(16)24)12-27-23(17)28-19(20)13-26-22(21)25/h3-6,11-13,15H,2,7-10H2,1H3,(H2,25,26)(H,27,28). The van der Waals surface area contributed by atoms with E-state index < -0.39 is 0 Å².